The van der Waals surface area contributed by atoms with Gasteiger partial charge in [0.05, 0.1) is 16.9 Å². The van der Waals surface area contributed by atoms with Gasteiger partial charge in [-0.25, -0.2) is 0 Å². The number of hydrogen-bond acceptors (Lipinski definition) is 1. The molecule has 1 unspecified atom stereocenters. The van der Waals surface area contributed by atoms with E-state index in [2.05, 4.69) is 52.0 Å². The van der Waals surface area contributed by atoms with E-state index in [-0.39, 0.29) is 13.7 Å². The Kier molecular flexibility index (Phi) is 5.84. The normalized spacial score (nSPS) is 19.0. The molecule has 1 fully saturated rings. The van der Waals surface area contributed by atoms with E-state index in [0.717, 1.165) is 30.4 Å². The first-order valence-electron chi connectivity index (χ1n) is 7.66. The molecule has 1 aliphatic rings. The summed E-state index contributed by atoms with van der Waals surface area (Å²) in [5.74, 6) is 0.738. The molecule has 0 aliphatic carbocycles. The number of rotatable bonds is 5. The number of benzene rings is 1. The minimum absolute atomic E-state index is 0.288. The second kappa shape index (κ2) is 7.20. The summed E-state index contributed by atoms with van der Waals surface area (Å²) in [4.78, 5) is 0. The van der Waals surface area contributed by atoms with Crippen molar-refractivity contribution in [1.29, 1.82) is 0 Å². The van der Waals surface area contributed by atoms with Crippen molar-refractivity contribution in [3.63, 3.8) is 0 Å². The van der Waals surface area contributed by atoms with Crippen LogP contribution < -0.4 is 5.19 Å². The van der Waals surface area contributed by atoms with Gasteiger partial charge in [-0.3, -0.25) is 0 Å². The highest BCUT2D eigenvalue weighted by molar-refractivity contribution is 7.39. The average molecular weight is 318 g/mol. The van der Waals surface area contributed by atoms with E-state index in [9.17, 15) is 0 Å². The van der Waals surface area contributed by atoms with Crippen molar-refractivity contribution >= 4 is 31.3 Å². The van der Waals surface area contributed by atoms with Crippen LogP contribution in [0.15, 0.2) is 24.3 Å². The van der Waals surface area contributed by atoms with E-state index in [1.54, 1.807) is 10.8 Å². The summed E-state index contributed by atoms with van der Waals surface area (Å²) in [6.07, 6.45) is 2.60. The lowest BCUT2D eigenvalue weighted by atomic mass is 9.72. The quantitative estimate of drug-likeness (QED) is 0.759. The molecule has 0 aromatic heterocycles. The zero-order valence-corrected chi connectivity index (χ0v) is 16.1. The minimum Gasteiger partial charge on any atom is -0.422 e. The van der Waals surface area contributed by atoms with Gasteiger partial charge >= 0.3 is 0 Å². The topological polar surface area (TPSA) is 9.23 Å². The predicted octanol–water partition coefficient (Wildman–Crippen LogP) is 2.87. The molecule has 1 atom stereocenters. The molecular formula is C16H25OSi3. The van der Waals surface area contributed by atoms with Gasteiger partial charge in [0, 0.05) is 6.61 Å². The smallest absolute Gasteiger partial charge is 0.203 e. The van der Waals surface area contributed by atoms with Crippen LogP contribution in [-0.2, 0) is 9.84 Å². The zero-order chi connectivity index (χ0) is 14.6. The van der Waals surface area contributed by atoms with Crippen molar-refractivity contribution in [2.45, 2.75) is 52.0 Å². The lowest BCUT2D eigenvalue weighted by molar-refractivity contribution is 0.323. The van der Waals surface area contributed by atoms with Gasteiger partial charge in [0.15, 0.2) is 0 Å². The molecule has 1 saturated heterocycles. The average Bonchev–Trinajstić information content (AvgIpc) is 2.48. The van der Waals surface area contributed by atoms with Gasteiger partial charge in [0.25, 0.3) is 0 Å². The summed E-state index contributed by atoms with van der Waals surface area (Å²) in [5.41, 5.74) is 1.91. The fourth-order valence-corrected chi connectivity index (χ4v) is 12.1. The lowest BCUT2D eigenvalue weighted by Crippen LogP contribution is -2.48. The summed E-state index contributed by atoms with van der Waals surface area (Å²) in [7, 11) is 1.43. The highest BCUT2D eigenvalue weighted by atomic mass is 29.5. The predicted molar refractivity (Wildman–Crippen MR) is 91.2 cm³/mol. The van der Waals surface area contributed by atoms with Crippen molar-refractivity contribution in [2.75, 3.05) is 6.61 Å². The van der Waals surface area contributed by atoms with E-state index >= 15 is 0 Å². The first kappa shape index (κ1) is 16.2. The van der Waals surface area contributed by atoms with Crippen LogP contribution in [0.25, 0.3) is 0 Å². The summed E-state index contributed by atoms with van der Waals surface area (Å²) < 4.78 is 5.60. The van der Waals surface area contributed by atoms with Crippen LogP contribution in [0.1, 0.15) is 46.1 Å². The Hall–Kier alpha value is -0.169. The van der Waals surface area contributed by atoms with Gasteiger partial charge < -0.3 is 4.43 Å². The molecule has 4 heteroatoms. The highest BCUT2D eigenvalue weighted by Gasteiger charge is 2.32. The molecule has 1 aliphatic heterocycles. The van der Waals surface area contributed by atoms with Gasteiger partial charge in [-0.1, -0.05) is 70.0 Å². The zero-order valence-electron chi connectivity index (χ0n) is 13.1. The van der Waals surface area contributed by atoms with Crippen LogP contribution in [0, 0.1) is 5.92 Å². The molecule has 107 valence electrons. The maximum atomic E-state index is 5.60. The van der Waals surface area contributed by atoms with Crippen LogP contribution >= 0.6 is 0 Å². The third-order valence-electron chi connectivity index (χ3n) is 4.63. The largest absolute Gasteiger partial charge is 0.422 e. The highest BCUT2D eigenvalue weighted by Crippen LogP contribution is 2.33. The standard InChI is InChI=1S/C16H25OSi3/c1-5-8-13(2)16(3,4)14-9-6-7-10-15(14)20-12-11-17-18-19-20/h6-7,9-10,13H,5,8,11-12H2,1-4H3. The third kappa shape index (κ3) is 3.53. The lowest BCUT2D eigenvalue weighted by Gasteiger charge is -2.36. The molecule has 1 nitrogen and oxygen atoms in total. The van der Waals surface area contributed by atoms with E-state index in [4.69, 9.17) is 4.43 Å². The van der Waals surface area contributed by atoms with Crippen LogP contribution in [-0.4, -0.2) is 32.8 Å². The number of hydrogen-bond donors (Lipinski definition) is 0. The summed E-state index contributed by atoms with van der Waals surface area (Å²) in [5, 5.41) is 1.69. The third-order valence-corrected chi connectivity index (χ3v) is 14.0. The molecule has 1 aromatic rings. The van der Waals surface area contributed by atoms with Crippen molar-refractivity contribution < 1.29 is 4.43 Å². The van der Waals surface area contributed by atoms with Gasteiger partial charge in [-0.05, 0) is 22.9 Å². The molecule has 0 bridgehead atoms. The minimum atomic E-state index is -0.370. The van der Waals surface area contributed by atoms with Crippen LogP contribution in [0.2, 0.25) is 6.04 Å². The molecule has 1 heterocycles. The Bertz CT molecular complexity index is 427. The Morgan fingerprint density at radius 2 is 2.10 bits per heavy atom. The maximum Gasteiger partial charge on any atom is 0.203 e. The molecule has 1 aromatic carbocycles. The van der Waals surface area contributed by atoms with Crippen LogP contribution in [0.4, 0.5) is 0 Å². The van der Waals surface area contributed by atoms with E-state index in [1.807, 2.05) is 0 Å². The van der Waals surface area contributed by atoms with E-state index in [1.165, 1.54) is 18.9 Å². The fraction of sp³-hybridized carbons (Fsp3) is 0.625. The molecule has 0 spiro atoms. The molecular weight excluding hydrogens is 292 g/mol. The molecule has 0 amide bonds. The Morgan fingerprint density at radius 3 is 2.75 bits per heavy atom. The molecule has 20 heavy (non-hydrogen) atoms. The van der Waals surface area contributed by atoms with Gasteiger partial charge in [-0.2, -0.15) is 0 Å². The van der Waals surface area contributed by atoms with Crippen molar-refractivity contribution in [3.05, 3.63) is 29.8 Å². The van der Waals surface area contributed by atoms with Crippen molar-refractivity contribution in [1.82, 2.24) is 0 Å². The van der Waals surface area contributed by atoms with Crippen LogP contribution in [0.5, 0.6) is 0 Å². The fourth-order valence-electron chi connectivity index (χ4n) is 2.93. The summed E-state index contributed by atoms with van der Waals surface area (Å²) >= 11 is 0. The van der Waals surface area contributed by atoms with E-state index < -0.39 is 0 Å². The van der Waals surface area contributed by atoms with E-state index in [0.29, 0.717) is 0 Å². The first-order chi connectivity index (χ1) is 9.57. The molecule has 5 radical (unpaired) electrons. The SMILES string of the molecule is CCCC(C)C(C)(C)c1ccccc1[Si]1CCO[Si][Si]1. The molecule has 2 rings (SSSR count). The van der Waals surface area contributed by atoms with Crippen molar-refractivity contribution in [2.24, 2.45) is 5.92 Å². The molecule has 0 saturated carbocycles. The van der Waals surface area contributed by atoms with Gasteiger partial charge in [0.1, 0.15) is 0 Å². The van der Waals surface area contributed by atoms with Crippen molar-refractivity contribution in [3.8, 4) is 0 Å². The second-order valence-corrected chi connectivity index (χ2v) is 14.4. The first-order valence-corrected chi connectivity index (χ1v) is 13.3. The monoisotopic (exact) mass is 317 g/mol. The summed E-state index contributed by atoms with van der Waals surface area (Å²) in [6.45, 7) is 10.6. The Labute approximate surface area is 130 Å². The Morgan fingerprint density at radius 1 is 1.35 bits per heavy atom. The maximum absolute atomic E-state index is 5.60. The van der Waals surface area contributed by atoms with Gasteiger partial charge in [0.2, 0.25) is 9.28 Å². The Balaban J connectivity index is 2.30. The second-order valence-electron chi connectivity index (χ2n) is 6.26. The summed E-state index contributed by atoms with van der Waals surface area (Å²) in [6, 6.07) is 10.6. The van der Waals surface area contributed by atoms with Crippen LogP contribution in [0.3, 0.4) is 0 Å². The molecule has 0 N–H and O–H groups in total. The van der Waals surface area contributed by atoms with Gasteiger partial charge in [-0.15, -0.1) is 0 Å².